The summed E-state index contributed by atoms with van der Waals surface area (Å²) in [5.74, 6) is -2.31. The van der Waals surface area contributed by atoms with Gasteiger partial charge in [-0.15, -0.1) is 0 Å². The number of ether oxygens (including phenoxy) is 4. The molecule has 0 aromatic rings. The number of rotatable bonds is 48. The molecule has 0 bridgehead atoms. The van der Waals surface area contributed by atoms with Gasteiger partial charge in [-0.1, -0.05) is 184 Å². The second kappa shape index (κ2) is 47.5. The van der Waals surface area contributed by atoms with E-state index in [4.69, 9.17) is 18.9 Å². The van der Waals surface area contributed by atoms with Crippen LogP contribution in [0.5, 0.6) is 0 Å². The Balaban J connectivity index is 4.37. The van der Waals surface area contributed by atoms with Gasteiger partial charge in [0.25, 0.3) is 0 Å². The number of carbonyl (C=O) groups excluding carboxylic acids is 3. The van der Waals surface area contributed by atoms with E-state index in [-0.39, 0.29) is 38.6 Å². The van der Waals surface area contributed by atoms with E-state index >= 15 is 0 Å². The molecule has 0 amide bonds. The number of nitrogens with zero attached hydrogens (tertiary/aromatic N) is 1. The average Bonchev–Trinajstić information content (AvgIpc) is 3.27. The molecule has 2 atom stereocenters. The van der Waals surface area contributed by atoms with E-state index < -0.39 is 24.3 Å². The summed E-state index contributed by atoms with van der Waals surface area (Å²) < 4.78 is 22.6. The third-order valence-electron chi connectivity index (χ3n) is 11.2. The molecule has 0 heterocycles. The van der Waals surface area contributed by atoms with Gasteiger partial charge in [-0.2, -0.15) is 0 Å². The topological polar surface area (TPSA) is 111 Å². The number of aliphatic carboxylic acids is 1. The number of carboxylic acid groups (broad SMARTS) is 1. The smallest absolute Gasteiger partial charge is 0.306 e. The molecule has 0 N–H and O–H groups in total. The lowest BCUT2D eigenvalue weighted by Crippen LogP contribution is -2.44. The Morgan fingerprint density at radius 3 is 1.26 bits per heavy atom. The zero-order valence-electron chi connectivity index (χ0n) is 42.6. The third kappa shape index (κ3) is 48.7. The van der Waals surface area contributed by atoms with Gasteiger partial charge in [-0.3, -0.25) is 9.59 Å². The fourth-order valence-electron chi connectivity index (χ4n) is 7.10. The van der Waals surface area contributed by atoms with Crippen LogP contribution in [-0.4, -0.2) is 82.3 Å². The van der Waals surface area contributed by atoms with Crippen LogP contribution < -0.4 is 5.11 Å². The van der Waals surface area contributed by atoms with E-state index in [1.54, 1.807) is 0 Å². The Morgan fingerprint density at radius 1 is 0.462 bits per heavy atom. The van der Waals surface area contributed by atoms with Crippen molar-refractivity contribution < 1.29 is 42.9 Å². The Bertz CT molecular complexity index is 1250. The van der Waals surface area contributed by atoms with Crippen LogP contribution in [0.3, 0.4) is 0 Å². The van der Waals surface area contributed by atoms with Crippen LogP contribution in [0.25, 0.3) is 0 Å². The summed E-state index contributed by atoms with van der Waals surface area (Å²) in [7, 11) is 5.91. The quantitative estimate of drug-likeness (QED) is 0.0195. The SMILES string of the molecule is CCCCC/C=C\C/C=C\CCCCCCCCCCCC(=O)OCC(COC(OCC[N+](C)(C)C)C(=O)[O-])OC(=O)CCCCCCCC/C=C\C/C=C\C/C=C\CCCCCCC. The van der Waals surface area contributed by atoms with Crippen molar-refractivity contribution in [3.8, 4) is 0 Å². The Morgan fingerprint density at radius 2 is 0.831 bits per heavy atom. The highest BCUT2D eigenvalue weighted by Gasteiger charge is 2.22. The summed E-state index contributed by atoms with van der Waals surface area (Å²) in [5.41, 5.74) is 0. The summed E-state index contributed by atoms with van der Waals surface area (Å²) in [6.45, 7) is 4.69. The Hall–Kier alpha value is -3.01. The highest BCUT2D eigenvalue weighted by atomic mass is 16.7. The molecule has 0 aliphatic heterocycles. The minimum atomic E-state index is -1.63. The zero-order chi connectivity index (χ0) is 47.7. The summed E-state index contributed by atoms with van der Waals surface area (Å²) in [6, 6.07) is 0. The molecule has 0 spiro atoms. The third-order valence-corrected chi connectivity index (χ3v) is 11.2. The molecule has 376 valence electrons. The predicted molar refractivity (Wildman–Crippen MR) is 269 cm³/mol. The number of hydrogen-bond donors (Lipinski definition) is 0. The molecule has 9 nitrogen and oxygen atoms in total. The minimum absolute atomic E-state index is 0.142. The van der Waals surface area contributed by atoms with Crippen LogP contribution in [0.1, 0.15) is 219 Å². The highest BCUT2D eigenvalue weighted by molar-refractivity contribution is 5.70. The summed E-state index contributed by atoms with van der Waals surface area (Å²) in [6.07, 6.45) is 55.3. The summed E-state index contributed by atoms with van der Waals surface area (Å²) in [4.78, 5) is 37.2. The molecule has 2 unspecified atom stereocenters. The molecule has 65 heavy (non-hydrogen) atoms. The van der Waals surface area contributed by atoms with Crippen LogP contribution in [0.2, 0.25) is 0 Å². The molecule has 0 radical (unpaired) electrons. The molecule has 0 aliphatic rings. The van der Waals surface area contributed by atoms with Gasteiger partial charge in [0.15, 0.2) is 12.4 Å². The maximum Gasteiger partial charge on any atom is 0.306 e. The van der Waals surface area contributed by atoms with E-state index in [9.17, 15) is 19.5 Å². The molecular weight excluding hydrogens is 815 g/mol. The van der Waals surface area contributed by atoms with Crippen molar-refractivity contribution in [1.29, 1.82) is 0 Å². The molecule has 0 aromatic heterocycles. The van der Waals surface area contributed by atoms with Gasteiger partial charge >= 0.3 is 11.9 Å². The van der Waals surface area contributed by atoms with E-state index in [0.717, 1.165) is 83.5 Å². The van der Waals surface area contributed by atoms with Crippen LogP contribution in [0.15, 0.2) is 60.8 Å². The van der Waals surface area contributed by atoms with E-state index in [0.29, 0.717) is 17.4 Å². The monoisotopic (exact) mass is 914 g/mol. The lowest BCUT2D eigenvalue weighted by Gasteiger charge is -2.26. The molecular formula is C56H99NO8. The van der Waals surface area contributed by atoms with Crippen molar-refractivity contribution in [1.82, 2.24) is 0 Å². The van der Waals surface area contributed by atoms with Crippen LogP contribution in [-0.2, 0) is 33.3 Å². The van der Waals surface area contributed by atoms with Crippen molar-refractivity contribution in [2.75, 3.05) is 47.5 Å². The number of carbonyl (C=O) groups is 3. The number of quaternary nitrogens is 1. The maximum atomic E-state index is 12.8. The van der Waals surface area contributed by atoms with Crippen molar-refractivity contribution in [2.24, 2.45) is 0 Å². The van der Waals surface area contributed by atoms with Crippen LogP contribution in [0.4, 0.5) is 0 Å². The lowest BCUT2D eigenvalue weighted by molar-refractivity contribution is -0.870. The predicted octanol–water partition coefficient (Wildman–Crippen LogP) is 13.6. The first-order chi connectivity index (χ1) is 31.6. The Labute approximate surface area is 399 Å². The standard InChI is InChI=1S/C56H99NO8/c1-6-8-10-12-14-16-18-20-22-24-26-27-29-31-33-35-37-39-41-43-45-47-54(59)65-52(51-64-56(55(60)61)62-49-48-57(3,4)5)50-63-53(58)46-44-42-40-38-36-34-32-30-28-25-23-21-19-17-15-13-11-9-7-2/h15,17-18,20-21,23-24,26,29,31,52,56H,6-14,16,19,22,25,27-28,30,32-51H2,1-5H3/b17-15-,20-18-,23-21-,26-24-,31-29-. The second-order valence-electron chi connectivity index (χ2n) is 18.8. The van der Waals surface area contributed by atoms with Crippen molar-refractivity contribution in [2.45, 2.75) is 232 Å². The Kier molecular flexibility index (Phi) is 45.3. The van der Waals surface area contributed by atoms with Crippen molar-refractivity contribution >= 4 is 17.9 Å². The number of allylic oxidation sites excluding steroid dienone is 10. The number of unbranched alkanes of at least 4 members (excludes halogenated alkanes) is 23. The van der Waals surface area contributed by atoms with Gasteiger partial charge in [-0.05, 0) is 83.5 Å². The van der Waals surface area contributed by atoms with Gasteiger partial charge in [0.1, 0.15) is 13.2 Å². The largest absolute Gasteiger partial charge is 0.545 e. The fraction of sp³-hybridized carbons (Fsp3) is 0.768. The van der Waals surface area contributed by atoms with Gasteiger partial charge in [0.05, 0.1) is 40.3 Å². The minimum Gasteiger partial charge on any atom is -0.545 e. The number of carboxylic acids is 1. The first-order valence-corrected chi connectivity index (χ1v) is 26.4. The van der Waals surface area contributed by atoms with Crippen LogP contribution in [0, 0.1) is 0 Å². The molecule has 0 rings (SSSR count). The molecule has 9 heteroatoms. The first-order valence-electron chi connectivity index (χ1n) is 26.4. The first kappa shape index (κ1) is 62.0. The second-order valence-corrected chi connectivity index (χ2v) is 18.8. The lowest BCUT2D eigenvalue weighted by atomic mass is 10.1. The fourth-order valence-corrected chi connectivity index (χ4v) is 7.10. The number of likely N-dealkylation sites (N-methyl/N-ethyl adjacent to an activating group) is 1. The van der Waals surface area contributed by atoms with Crippen molar-refractivity contribution in [3.05, 3.63) is 60.8 Å². The molecule has 0 fully saturated rings. The normalized spacial score (nSPS) is 13.3. The molecule has 0 aromatic carbocycles. The van der Waals surface area contributed by atoms with Gasteiger partial charge in [0.2, 0.25) is 0 Å². The molecule has 0 saturated heterocycles. The summed E-state index contributed by atoms with van der Waals surface area (Å²) >= 11 is 0. The zero-order valence-corrected chi connectivity index (χ0v) is 42.6. The summed E-state index contributed by atoms with van der Waals surface area (Å²) in [5, 5.41) is 11.7. The van der Waals surface area contributed by atoms with Crippen LogP contribution >= 0.6 is 0 Å². The average molecular weight is 914 g/mol. The molecule has 0 saturated carbocycles. The van der Waals surface area contributed by atoms with E-state index in [2.05, 4.69) is 74.6 Å². The maximum absolute atomic E-state index is 12.8. The highest BCUT2D eigenvalue weighted by Crippen LogP contribution is 2.14. The van der Waals surface area contributed by atoms with E-state index in [1.807, 2.05) is 21.1 Å². The van der Waals surface area contributed by atoms with Crippen molar-refractivity contribution in [3.63, 3.8) is 0 Å². The van der Waals surface area contributed by atoms with Gasteiger partial charge in [0, 0.05) is 12.8 Å². The number of esters is 2. The van der Waals surface area contributed by atoms with Gasteiger partial charge in [-0.25, -0.2) is 0 Å². The van der Waals surface area contributed by atoms with E-state index in [1.165, 1.54) is 103 Å². The molecule has 0 aliphatic carbocycles. The van der Waals surface area contributed by atoms with Gasteiger partial charge < -0.3 is 33.3 Å². The number of hydrogen-bond acceptors (Lipinski definition) is 8.